The maximum absolute atomic E-state index is 12.7. The molecule has 0 saturated heterocycles. The van der Waals surface area contributed by atoms with Crippen LogP contribution in [0.15, 0.2) is 38.0 Å². The molecule has 1 aliphatic rings. The third-order valence-corrected chi connectivity index (χ3v) is 4.83. The Kier molecular flexibility index (Phi) is 5.80. The van der Waals surface area contributed by atoms with Crippen molar-refractivity contribution in [2.24, 2.45) is 0 Å². The van der Waals surface area contributed by atoms with Gasteiger partial charge in [0.05, 0.1) is 8.95 Å². The minimum Gasteiger partial charge on any atom is -0.507 e. The molecule has 2 N–H and O–H groups in total. The fourth-order valence-corrected chi connectivity index (χ4v) is 3.67. The molecule has 0 atom stereocenters. The fourth-order valence-electron chi connectivity index (χ4n) is 2.45. The van der Waals surface area contributed by atoms with Gasteiger partial charge in [0.1, 0.15) is 11.5 Å². The number of carbonyl (C=O) groups excluding carboxylic acids is 1. The first-order valence-electron chi connectivity index (χ1n) is 7.04. The van der Waals surface area contributed by atoms with Gasteiger partial charge in [-0.2, -0.15) is 13.2 Å². The molecule has 1 aliphatic carbocycles. The van der Waals surface area contributed by atoms with E-state index in [9.17, 15) is 28.2 Å². The molecule has 1 aromatic rings. The van der Waals surface area contributed by atoms with Gasteiger partial charge < -0.3 is 10.2 Å². The van der Waals surface area contributed by atoms with Crippen molar-refractivity contribution in [3.8, 4) is 5.75 Å². The first-order valence-corrected chi connectivity index (χ1v) is 8.62. The Balaban J connectivity index is 2.50. The molecule has 0 aliphatic heterocycles. The molecule has 130 valence electrons. The first kappa shape index (κ1) is 19.1. The Bertz CT molecular complexity index is 714. The summed E-state index contributed by atoms with van der Waals surface area (Å²) >= 11 is 6.33. The highest BCUT2D eigenvalue weighted by molar-refractivity contribution is 9.11. The third kappa shape index (κ3) is 4.22. The fraction of sp³-hybridized carbons (Fsp3) is 0.312. The lowest BCUT2D eigenvalue weighted by atomic mass is 10.0. The Morgan fingerprint density at radius 3 is 2.17 bits per heavy atom. The van der Waals surface area contributed by atoms with Crippen LogP contribution in [0.3, 0.4) is 0 Å². The molecule has 0 unspecified atom stereocenters. The lowest BCUT2D eigenvalue weighted by Gasteiger charge is -2.11. The van der Waals surface area contributed by atoms with Gasteiger partial charge >= 0.3 is 6.18 Å². The number of alkyl halides is 3. The van der Waals surface area contributed by atoms with Gasteiger partial charge in [-0.15, -0.1) is 0 Å². The van der Waals surface area contributed by atoms with E-state index in [0.29, 0.717) is 33.8 Å². The molecule has 8 heteroatoms. The maximum atomic E-state index is 12.7. The van der Waals surface area contributed by atoms with Gasteiger partial charge in [-0.3, -0.25) is 4.79 Å². The van der Waals surface area contributed by atoms with Crippen LogP contribution >= 0.6 is 31.9 Å². The first-order chi connectivity index (χ1) is 11.1. The monoisotopic (exact) mass is 468 g/mol. The number of benzene rings is 1. The van der Waals surface area contributed by atoms with Gasteiger partial charge in [0, 0.05) is 5.57 Å². The maximum Gasteiger partial charge on any atom is 0.454 e. The number of rotatable bonds is 2. The van der Waals surface area contributed by atoms with Crippen molar-refractivity contribution in [1.29, 1.82) is 0 Å². The summed E-state index contributed by atoms with van der Waals surface area (Å²) in [7, 11) is 0. The molecule has 0 saturated carbocycles. The van der Waals surface area contributed by atoms with Crippen molar-refractivity contribution in [2.45, 2.75) is 31.9 Å². The normalized spacial score (nSPS) is 18.0. The number of carbonyl (C=O) groups is 1. The van der Waals surface area contributed by atoms with Crippen LogP contribution in [0.1, 0.15) is 31.2 Å². The van der Waals surface area contributed by atoms with E-state index in [1.807, 2.05) is 0 Å². The number of hydrogen-bond acceptors (Lipinski definition) is 3. The van der Waals surface area contributed by atoms with Crippen LogP contribution in [0.5, 0.6) is 5.75 Å². The van der Waals surface area contributed by atoms with Crippen LogP contribution in [-0.2, 0) is 4.79 Å². The van der Waals surface area contributed by atoms with Crippen LogP contribution in [0.2, 0.25) is 0 Å². The zero-order chi connectivity index (χ0) is 18.1. The van der Waals surface area contributed by atoms with Gasteiger partial charge in [-0.1, -0.05) is 0 Å². The van der Waals surface area contributed by atoms with E-state index in [0.717, 1.165) is 0 Å². The molecule has 0 spiro atoms. The molecule has 3 nitrogen and oxygen atoms in total. The minimum absolute atomic E-state index is 0.00859. The van der Waals surface area contributed by atoms with Crippen molar-refractivity contribution >= 4 is 43.7 Å². The Morgan fingerprint density at radius 1 is 1.08 bits per heavy atom. The number of ketones is 1. The molecular weight excluding hydrogens is 457 g/mol. The van der Waals surface area contributed by atoms with Crippen molar-refractivity contribution in [1.82, 2.24) is 0 Å². The van der Waals surface area contributed by atoms with Crippen molar-refractivity contribution in [3.63, 3.8) is 0 Å². The number of aliphatic hydroxyl groups excluding tert-OH is 1. The molecular formula is C16H13Br2F3O3. The van der Waals surface area contributed by atoms with Gasteiger partial charge in [0.2, 0.25) is 0 Å². The summed E-state index contributed by atoms with van der Waals surface area (Å²) in [6.45, 7) is 0. The summed E-state index contributed by atoms with van der Waals surface area (Å²) in [4.78, 5) is 11.5. The molecule has 0 heterocycles. The number of halogens is 5. The number of phenolic OH excluding ortho intramolecular Hbond substituents is 1. The molecule has 0 bridgehead atoms. The smallest absolute Gasteiger partial charge is 0.454 e. The Morgan fingerprint density at radius 2 is 1.62 bits per heavy atom. The van der Waals surface area contributed by atoms with E-state index >= 15 is 0 Å². The van der Waals surface area contributed by atoms with Crippen LogP contribution in [0.25, 0.3) is 6.08 Å². The van der Waals surface area contributed by atoms with E-state index in [1.54, 1.807) is 12.1 Å². The molecule has 0 aromatic heterocycles. The van der Waals surface area contributed by atoms with E-state index in [2.05, 4.69) is 31.9 Å². The van der Waals surface area contributed by atoms with Gasteiger partial charge in [0.15, 0.2) is 0 Å². The van der Waals surface area contributed by atoms with Gasteiger partial charge in [-0.25, -0.2) is 0 Å². The van der Waals surface area contributed by atoms with Crippen LogP contribution in [-0.4, -0.2) is 22.2 Å². The van der Waals surface area contributed by atoms with Gasteiger partial charge in [0.25, 0.3) is 5.78 Å². The van der Waals surface area contributed by atoms with E-state index in [-0.39, 0.29) is 17.7 Å². The Labute approximate surface area is 153 Å². The number of Topliss-reactive ketones (excluding diaryl/α,β-unsaturated/α-hetero) is 1. The number of aromatic hydroxyl groups is 1. The minimum atomic E-state index is -5.01. The second kappa shape index (κ2) is 7.31. The predicted octanol–water partition coefficient (Wildman–Crippen LogP) is 5.82. The number of phenols is 1. The summed E-state index contributed by atoms with van der Waals surface area (Å²) in [6, 6.07) is 3.13. The summed E-state index contributed by atoms with van der Waals surface area (Å²) in [6.07, 6.45) is -2.30. The number of aliphatic hydroxyl groups is 1. The lowest BCUT2D eigenvalue weighted by molar-refractivity contribution is -0.166. The lowest BCUT2D eigenvalue weighted by Crippen LogP contribution is -2.25. The number of allylic oxidation sites excluding steroid dienone is 2. The summed E-state index contributed by atoms with van der Waals surface area (Å²) in [5.74, 6) is -2.61. The van der Waals surface area contributed by atoms with E-state index < -0.39 is 23.3 Å². The van der Waals surface area contributed by atoms with E-state index in [1.165, 1.54) is 6.08 Å². The molecule has 0 radical (unpaired) electrons. The topological polar surface area (TPSA) is 57.5 Å². The SMILES string of the molecule is O=C(C1=C(O)/C(=C/c2cc(Br)c(O)c(Br)c2)CCCC1)C(F)(F)F. The highest BCUT2D eigenvalue weighted by Crippen LogP contribution is 2.36. The van der Waals surface area contributed by atoms with Crippen LogP contribution in [0.4, 0.5) is 13.2 Å². The summed E-state index contributed by atoms with van der Waals surface area (Å²) < 4.78 is 38.9. The Hall–Kier alpha value is -1.28. The van der Waals surface area contributed by atoms with Crippen molar-refractivity contribution in [2.75, 3.05) is 0 Å². The average molecular weight is 470 g/mol. The largest absolute Gasteiger partial charge is 0.507 e. The number of hydrogen-bond donors (Lipinski definition) is 2. The second-order valence-electron chi connectivity index (χ2n) is 5.36. The van der Waals surface area contributed by atoms with Crippen molar-refractivity contribution < 1.29 is 28.2 Å². The quantitative estimate of drug-likeness (QED) is 0.573. The van der Waals surface area contributed by atoms with Crippen LogP contribution < -0.4 is 0 Å². The van der Waals surface area contributed by atoms with E-state index in [4.69, 9.17) is 0 Å². The molecule has 24 heavy (non-hydrogen) atoms. The highest BCUT2D eigenvalue weighted by atomic mass is 79.9. The van der Waals surface area contributed by atoms with Crippen LogP contribution in [0, 0.1) is 0 Å². The predicted molar refractivity (Wildman–Crippen MR) is 90.7 cm³/mol. The average Bonchev–Trinajstić information content (AvgIpc) is 2.65. The second-order valence-corrected chi connectivity index (χ2v) is 7.07. The summed E-state index contributed by atoms with van der Waals surface area (Å²) in [5.41, 5.74) is 0.238. The molecule has 0 amide bonds. The standard InChI is InChI=1S/C16H13Br2F3O3/c17-11-6-8(7-12(18)14(11)23)5-9-3-1-2-4-10(13(9)22)15(24)16(19,20)21/h5-7,22-23H,1-4H2/b9-5+. The summed E-state index contributed by atoms with van der Waals surface area (Å²) in [5, 5.41) is 19.9. The van der Waals surface area contributed by atoms with Gasteiger partial charge in [-0.05, 0) is 86.9 Å². The molecule has 0 fully saturated rings. The highest BCUT2D eigenvalue weighted by Gasteiger charge is 2.42. The molecule has 2 rings (SSSR count). The zero-order valence-electron chi connectivity index (χ0n) is 12.3. The molecule has 1 aromatic carbocycles. The third-order valence-electron chi connectivity index (χ3n) is 3.62. The zero-order valence-corrected chi connectivity index (χ0v) is 15.4. The van der Waals surface area contributed by atoms with Crippen molar-refractivity contribution in [3.05, 3.63) is 43.5 Å².